The van der Waals surface area contributed by atoms with Crippen LogP contribution in [-0.4, -0.2) is 65.4 Å². The molecule has 1 fully saturated rings. The average molecular weight is 514 g/mol. The zero-order chi connectivity index (χ0) is 26.5. The first kappa shape index (κ1) is 26.9. The Hall–Kier alpha value is -3.68. The van der Waals surface area contributed by atoms with Gasteiger partial charge in [-0.1, -0.05) is 12.0 Å². The van der Waals surface area contributed by atoms with Crippen molar-refractivity contribution < 1.29 is 36.9 Å². The zero-order valence-corrected chi connectivity index (χ0v) is 19.4. The molecule has 1 amide bonds. The number of rotatable bonds is 8. The van der Waals surface area contributed by atoms with Crippen LogP contribution >= 0.6 is 0 Å². The van der Waals surface area contributed by atoms with Gasteiger partial charge in [0, 0.05) is 37.5 Å². The van der Waals surface area contributed by atoms with Gasteiger partial charge in [0.15, 0.2) is 11.4 Å². The molecule has 0 bridgehead atoms. The number of likely N-dealkylation sites (tertiary alicyclic amines) is 1. The molecule has 2 aromatic heterocycles. The molecule has 0 saturated carbocycles. The van der Waals surface area contributed by atoms with Gasteiger partial charge < -0.3 is 20.4 Å². The molecule has 0 radical (unpaired) electrons. The zero-order valence-electron chi connectivity index (χ0n) is 19.4. The fraction of sp³-hybridized carbons (Fsp3) is 0.409. The predicted molar refractivity (Wildman–Crippen MR) is 121 cm³/mol. The Kier molecular flexibility index (Phi) is 8.17. The van der Waals surface area contributed by atoms with Gasteiger partial charge >= 0.3 is 6.18 Å². The van der Waals surface area contributed by atoms with E-state index >= 15 is 0 Å². The van der Waals surface area contributed by atoms with Crippen LogP contribution in [-0.2, 0) is 6.18 Å². The molecule has 1 aliphatic heterocycles. The largest absolute Gasteiger partial charge is 0.481 e. The lowest BCUT2D eigenvalue weighted by Crippen LogP contribution is -2.72. The summed E-state index contributed by atoms with van der Waals surface area (Å²) in [5.41, 5.74) is 0.417. The number of ether oxygens (including phenoxy) is 1. The van der Waals surface area contributed by atoms with Crippen molar-refractivity contribution in [2.75, 3.05) is 25.5 Å². The molecule has 9 nitrogen and oxygen atoms in total. The number of anilines is 1. The Morgan fingerprint density at radius 1 is 1.36 bits per heavy atom. The molecule has 36 heavy (non-hydrogen) atoms. The van der Waals surface area contributed by atoms with Crippen molar-refractivity contribution in [3.63, 3.8) is 0 Å². The van der Waals surface area contributed by atoms with Crippen molar-refractivity contribution >= 4 is 29.8 Å². The third-order valence-electron chi connectivity index (χ3n) is 5.61. The number of methoxy groups -OCH3 is 1. The minimum absolute atomic E-state index is 0.0314. The molecule has 2 aromatic rings. The van der Waals surface area contributed by atoms with E-state index in [0.717, 1.165) is 23.2 Å². The van der Waals surface area contributed by atoms with Crippen LogP contribution in [0.15, 0.2) is 35.6 Å². The number of quaternary nitrogens is 1. The summed E-state index contributed by atoms with van der Waals surface area (Å²) in [6, 6.07) is 4.21. The number of halogens is 5. The number of hydrogen-bond acceptors (Lipinski definition) is 7. The van der Waals surface area contributed by atoms with Crippen molar-refractivity contribution in [2.24, 2.45) is 11.0 Å². The summed E-state index contributed by atoms with van der Waals surface area (Å²) in [6.45, 7) is 0.668. The molecule has 0 spiro atoms. The van der Waals surface area contributed by atoms with E-state index in [4.69, 9.17) is 10.1 Å². The lowest BCUT2D eigenvalue weighted by molar-refractivity contribution is -0.577. The van der Waals surface area contributed by atoms with Gasteiger partial charge in [0.2, 0.25) is 5.88 Å². The van der Waals surface area contributed by atoms with Gasteiger partial charge in [-0.25, -0.2) is 18.7 Å². The lowest BCUT2D eigenvalue weighted by Gasteiger charge is -2.43. The molecule has 2 unspecified atom stereocenters. The second kappa shape index (κ2) is 10.9. The topological polar surface area (TPSA) is 120 Å². The van der Waals surface area contributed by atoms with Crippen molar-refractivity contribution in [2.45, 2.75) is 31.5 Å². The maximum Gasteiger partial charge on any atom is 0.417 e. The fourth-order valence-electron chi connectivity index (χ4n) is 3.90. The Labute approximate surface area is 203 Å². The highest BCUT2D eigenvalue weighted by atomic mass is 19.4. The van der Waals surface area contributed by atoms with Gasteiger partial charge in [0.05, 0.1) is 25.3 Å². The smallest absolute Gasteiger partial charge is 0.417 e. The molecule has 0 aromatic carbocycles. The van der Waals surface area contributed by atoms with E-state index in [9.17, 15) is 26.7 Å². The molecule has 194 valence electrons. The van der Waals surface area contributed by atoms with Gasteiger partial charge in [-0.05, 0) is 18.1 Å². The van der Waals surface area contributed by atoms with E-state index in [-0.39, 0.29) is 29.6 Å². The maximum atomic E-state index is 14.5. The number of piperidine rings is 1. The van der Waals surface area contributed by atoms with Crippen molar-refractivity contribution in [3.05, 3.63) is 41.7 Å². The summed E-state index contributed by atoms with van der Waals surface area (Å²) in [6.07, 6.45) is -2.25. The molecule has 2 atom stereocenters. The standard InChI is InChI=1S/C22H24F5N7O2/c1-13-9-21(23,24)12-34(16(13)11-30-17-5-3-14(10-29-17)22(25,26)27)20(35)19-15(33-31-8-7-28)4-6-18(32-19)36-2/h3-8,10,13,16,28,33H,9,11-12H2,1-2H3,(H,29,30)/p+1. The number of carbonyl (C=O) groups excluding carboxylic acids is 1. The van der Waals surface area contributed by atoms with E-state index in [0.29, 0.717) is 6.20 Å². The highest BCUT2D eigenvalue weighted by Crippen LogP contribution is 2.36. The van der Waals surface area contributed by atoms with E-state index < -0.39 is 48.5 Å². The van der Waals surface area contributed by atoms with Crippen LogP contribution in [0.5, 0.6) is 5.88 Å². The first-order valence-corrected chi connectivity index (χ1v) is 10.8. The van der Waals surface area contributed by atoms with Gasteiger partial charge in [0.25, 0.3) is 11.8 Å². The molecule has 3 rings (SSSR count). The summed E-state index contributed by atoms with van der Waals surface area (Å²) in [5, 5.41) is 13.7. The second-order valence-corrected chi connectivity index (χ2v) is 8.23. The van der Waals surface area contributed by atoms with Crippen LogP contribution in [0.4, 0.5) is 33.5 Å². The summed E-state index contributed by atoms with van der Waals surface area (Å²) in [7, 11) is 1.34. The number of nitrogens with one attached hydrogen (secondary N) is 2. The van der Waals surface area contributed by atoms with E-state index in [1.165, 1.54) is 30.9 Å². The van der Waals surface area contributed by atoms with Crippen molar-refractivity contribution in [1.82, 2.24) is 14.9 Å². The highest BCUT2D eigenvalue weighted by Gasteiger charge is 2.47. The second-order valence-electron chi connectivity index (χ2n) is 8.23. The first-order chi connectivity index (χ1) is 16.9. The molecule has 14 heteroatoms. The van der Waals surface area contributed by atoms with Gasteiger partial charge in [0.1, 0.15) is 12.0 Å². The van der Waals surface area contributed by atoms with Crippen LogP contribution in [0.2, 0.25) is 0 Å². The highest BCUT2D eigenvalue weighted by molar-refractivity contribution is 6.14. The average Bonchev–Trinajstić information content (AvgIpc) is 2.82. The van der Waals surface area contributed by atoms with Gasteiger partial charge in [-0.15, -0.1) is 0 Å². The van der Waals surface area contributed by atoms with Gasteiger partial charge in [-0.3, -0.25) is 4.79 Å². The minimum Gasteiger partial charge on any atom is -0.481 e. The molecule has 4 N–H and O–H groups in total. The van der Waals surface area contributed by atoms with Crippen LogP contribution in [0.25, 0.3) is 0 Å². The summed E-state index contributed by atoms with van der Waals surface area (Å²) in [4.78, 5) is 22.4. The van der Waals surface area contributed by atoms with Crippen LogP contribution in [0.3, 0.4) is 0 Å². The van der Waals surface area contributed by atoms with Crippen LogP contribution < -0.4 is 15.5 Å². The summed E-state index contributed by atoms with van der Waals surface area (Å²) in [5.74, 6) is -4.40. The predicted octanol–water partition coefficient (Wildman–Crippen LogP) is 2.93. The quantitative estimate of drug-likeness (QED) is 0.217. The van der Waals surface area contributed by atoms with Crippen LogP contribution in [0, 0.1) is 11.3 Å². The summed E-state index contributed by atoms with van der Waals surface area (Å²) < 4.78 is 72.5. The molecule has 1 saturated heterocycles. The van der Waals surface area contributed by atoms with E-state index in [1.807, 2.05) is 0 Å². The van der Waals surface area contributed by atoms with Crippen molar-refractivity contribution in [1.29, 1.82) is 5.41 Å². The molecule has 3 heterocycles. The Morgan fingerprint density at radius 2 is 2.11 bits per heavy atom. The van der Waals surface area contributed by atoms with E-state index in [2.05, 4.69) is 20.4 Å². The number of alkyl halides is 5. The molecule has 1 aliphatic rings. The fourth-order valence-corrected chi connectivity index (χ4v) is 3.90. The number of nitrogens with zero attached hydrogens (tertiary/aromatic N) is 4. The van der Waals surface area contributed by atoms with Crippen LogP contribution in [0.1, 0.15) is 29.4 Å². The third kappa shape index (κ3) is 6.50. The summed E-state index contributed by atoms with van der Waals surface area (Å²) >= 11 is 0. The third-order valence-corrected chi connectivity index (χ3v) is 5.61. The maximum absolute atomic E-state index is 14.5. The SMILES string of the molecule is COc1ccc([NH2+]N=CC=N)c(C(=O)N2CC(F)(F)CC(C)C2CNc2ccc(C(F)(F)F)cn2)n1. The van der Waals surface area contributed by atoms with Gasteiger partial charge in [-0.2, -0.15) is 18.6 Å². The normalized spacial score (nSPS) is 19.8. The molecular formula is C22H25F5N7O2+. The number of nitrogens with two attached hydrogens (primary N) is 1. The van der Waals surface area contributed by atoms with Crippen molar-refractivity contribution in [3.8, 4) is 5.88 Å². The number of pyridine rings is 2. The number of aromatic nitrogens is 2. The monoisotopic (exact) mass is 514 g/mol. The number of carbonyl (C=O) groups is 1. The first-order valence-electron chi connectivity index (χ1n) is 10.8. The minimum atomic E-state index is -4.54. The number of amides is 1. The number of hydrogen-bond donors (Lipinski definition) is 3. The molecular weight excluding hydrogens is 489 g/mol. The van der Waals surface area contributed by atoms with E-state index in [1.54, 1.807) is 6.92 Å². The Morgan fingerprint density at radius 3 is 2.72 bits per heavy atom. The Balaban J connectivity index is 1.88. The lowest BCUT2D eigenvalue weighted by atomic mass is 9.88. The Bertz CT molecular complexity index is 1110. The molecule has 0 aliphatic carbocycles.